The van der Waals surface area contributed by atoms with Crippen LogP contribution in [0.3, 0.4) is 0 Å². The highest BCUT2D eigenvalue weighted by molar-refractivity contribution is 9.10. The van der Waals surface area contributed by atoms with Crippen LogP contribution >= 0.6 is 15.9 Å². The summed E-state index contributed by atoms with van der Waals surface area (Å²) >= 11 is 3.30. The van der Waals surface area contributed by atoms with Crippen molar-refractivity contribution in [2.24, 2.45) is 0 Å². The number of hydrogen-bond donors (Lipinski definition) is 0. The molecule has 0 radical (unpaired) electrons. The fraction of sp³-hybridized carbons (Fsp3) is 0.300. The summed E-state index contributed by atoms with van der Waals surface area (Å²) in [5.74, 6) is -0.333. The first-order valence-corrected chi connectivity index (χ1v) is 4.90. The second-order valence-electron chi connectivity index (χ2n) is 3.05. The number of ether oxygens (including phenoxy) is 1. The molecule has 0 saturated heterocycles. The number of halogens is 1. The van der Waals surface area contributed by atoms with Gasteiger partial charge in [-0.1, -0.05) is 0 Å². The lowest BCUT2D eigenvalue weighted by Crippen LogP contribution is -2.10. The van der Waals surface area contributed by atoms with E-state index in [1.165, 1.54) is 7.11 Å². The van der Waals surface area contributed by atoms with E-state index >= 15 is 0 Å². The molecule has 1 rings (SSSR count). The van der Waals surface area contributed by atoms with Gasteiger partial charge < -0.3 is 9.64 Å². The van der Waals surface area contributed by atoms with E-state index in [1.807, 2.05) is 31.1 Å². The van der Waals surface area contributed by atoms with Gasteiger partial charge in [0.25, 0.3) is 0 Å². The van der Waals surface area contributed by atoms with E-state index in [4.69, 9.17) is 0 Å². The number of rotatable bonds is 2. The average Bonchev–Trinajstić information content (AvgIpc) is 2.17. The zero-order valence-corrected chi connectivity index (χ0v) is 9.96. The Morgan fingerprint density at radius 2 is 2.07 bits per heavy atom. The topological polar surface area (TPSA) is 29.5 Å². The van der Waals surface area contributed by atoms with Crippen LogP contribution < -0.4 is 4.90 Å². The molecule has 0 saturated carbocycles. The van der Waals surface area contributed by atoms with Crippen molar-refractivity contribution in [2.45, 2.75) is 0 Å². The number of methoxy groups -OCH3 is 1. The molecule has 0 aliphatic rings. The third kappa shape index (κ3) is 2.26. The van der Waals surface area contributed by atoms with Gasteiger partial charge >= 0.3 is 5.97 Å². The van der Waals surface area contributed by atoms with Gasteiger partial charge in [0.1, 0.15) is 0 Å². The van der Waals surface area contributed by atoms with Crippen molar-refractivity contribution in [3.05, 3.63) is 28.2 Å². The second-order valence-corrected chi connectivity index (χ2v) is 3.90. The van der Waals surface area contributed by atoms with Crippen molar-refractivity contribution >= 4 is 27.6 Å². The molecule has 0 aromatic heterocycles. The minimum Gasteiger partial charge on any atom is -0.465 e. The van der Waals surface area contributed by atoms with E-state index < -0.39 is 0 Å². The highest BCUT2D eigenvalue weighted by atomic mass is 79.9. The summed E-state index contributed by atoms with van der Waals surface area (Å²) in [6.45, 7) is 0. The van der Waals surface area contributed by atoms with Gasteiger partial charge in [-0.15, -0.1) is 0 Å². The van der Waals surface area contributed by atoms with Gasteiger partial charge in [-0.05, 0) is 34.1 Å². The lowest BCUT2D eigenvalue weighted by Gasteiger charge is -2.13. The van der Waals surface area contributed by atoms with Gasteiger partial charge in [-0.25, -0.2) is 4.79 Å². The van der Waals surface area contributed by atoms with Crippen molar-refractivity contribution in [3.8, 4) is 0 Å². The summed E-state index contributed by atoms with van der Waals surface area (Å²) in [5.41, 5.74) is 1.51. The first-order valence-electron chi connectivity index (χ1n) is 4.11. The molecule has 1 aromatic carbocycles. The molecule has 0 aliphatic carbocycles. The maximum absolute atomic E-state index is 11.3. The number of hydrogen-bond acceptors (Lipinski definition) is 3. The first-order chi connectivity index (χ1) is 6.56. The Morgan fingerprint density at radius 3 is 2.57 bits per heavy atom. The lowest BCUT2D eigenvalue weighted by molar-refractivity contribution is 0.0600. The van der Waals surface area contributed by atoms with E-state index in [1.54, 1.807) is 6.07 Å². The number of anilines is 1. The lowest BCUT2D eigenvalue weighted by atomic mass is 10.2. The van der Waals surface area contributed by atoms with Crippen LogP contribution in [-0.4, -0.2) is 27.2 Å². The standard InChI is InChI=1S/C10H12BrNO2/c1-12(2)7-4-5-9(11)8(6-7)10(13)14-3/h4-6H,1-3H3. The number of nitrogens with zero attached hydrogens (tertiary/aromatic N) is 1. The number of carbonyl (C=O) groups excluding carboxylic acids is 1. The maximum atomic E-state index is 11.3. The van der Waals surface area contributed by atoms with Crippen LogP contribution in [0.4, 0.5) is 5.69 Å². The van der Waals surface area contributed by atoms with Gasteiger partial charge in [0.05, 0.1) is 12.7 Å². The Morgan fingerprint density at radius 1 is 1.43 bits per heavy atom. The zero-order valence-electron chi connectivity index (χ0n) is 8.37. The molecule has 76 valence electrons. The smallest absolute Gasteiger partial charge is 0.339 e. The quantitative estimate of drug-likeness (QED) is 0.762. The zero-order chi connectivity index (χ0) is 10.7. The SMILES string of the molecule is COC(=O)c1cc(N(C)C)ccc1Br. The van der Waals surface area contributed by atoms with E-state index in [9.17, 15) is 4.79 Å². The molecule has 0 fully saturated rings. The average molecular weight is 258 g/mol. The minimum atomic E-state index is -0.333. The molecule has 4 heteroatoms. The predicted octanol–water partition coefficient (Wildman–Crippen LogP) is 2.30. The van der Waals surface area contributed by atoms with Crippen LogP contribution in [-0.2, 0) is 4.74 Å². The fourth-order valence-electron chi connectivity index (χ4n) is 1.06. The summed E-state index contributed by atoms with van der Waals surface area (Å²) < 4.78 is 5.41. The van der Waals surface area contributed by atoms with Crippen molar-refractivity contribution in [1.29, 1.82) is 0 Å². The molecule has 14 heavy (non-hydrogen) atoms. The molecule has 1 aromatic rings. The molecule has 0 spiro atoms. The van der Waals surface area contributed by atoms with Crippen LogP contribution in [0.1, 0.15) is 10.4 Å². The summed E-state index contributed by atoms with van der Waals surface area (Å²) in [6.07, 6.45) is 0. The normalized spacial score (nSPS) is 9.71. The van der Waals surface area contributed by atoms with Crippen LogP contribution in [0.2, 0.25) is 0 Å². The Balaban J connectivity index is 3.15. The van der Waals surface area contributed by atoms with Crippen LogP contribution in [0, 0.1) is 0 Å². The summed E-state index contributed by atoms with van der Waals surface area (Å²) in [6, 6.07) is 5.55. The van der Waals surface area contributed by atoms with E-state index in [-0.39, 0.29) is 5.97 Å². The second kappa shape index (κ2) is 4.46. The van der Waals surface area contributed by atoms with Crippen LogP contribution in [0.5, 0.6) is 0 Å². The van der Waals surface area contributed by atoms with Gasteiger partial charge in [-0.3, -0.25) is 0 Å². The van der Waals surface area contributed by atoms with Crippen molar-refractivity contribution in [2.75, 3.05) is 26.1 Å². The Bertz CT molecular complexity index is 350. The Kier molecular flexibility index (Phi) is 3.52. The predicted molar refractivity (Wildman–Crippen MR) is 59.8 cm³/mol. The Hall–Kier alpha value is -1.03. The summed E-state index contributed by atoms with van der Waals surface area (Å²) in [5, 5.41) is 0. The molecular formula is C10H12BrNO2. The van der Waals surface area contributed by atoms with Gasteiger partial charge in [0, 0.05) is 24.3 Å². The summed E-state index contributed by atoms with van der Waals surface area (Å²) in [7, 11) is 5.21. The van der Waals surface area contributed by atoms with E-state index in [2.05, 4.69) is 20.7 Å². The van der Waals surface area contributed by atoms with E-state index in [0.29, 0.717) is 5.56 Å². The summed E-state index contributed by atoms with van der Waals surface area (Å²) in [4.78, 5) is 13.3. The molecule has 0 heterocycles. The Labute approximate surface area is 91.8 Å². The number of benzene rings is 1. The molecule has 0 atom stereocenters. The third-order valence-electron chi connectivity index (χ3n) is 1.87. The number of carbonyl (C=O) groups is 1. The number of esters is 1. The molecule has 3 nitrogen and oxygen atoms in total. The molecule has 0 N–H and O–H groups in total. The fourth-order valence-corrected chi connectivity index (χ4v) is 1.47. The molecular weight excluding hydrogens is 246 g/mol. The molecule has 0 aliphatic heterocycles. The molecule has 0 amide bonds. The maximum Gasteiger partial charge on any atom is 0.339 e. The van der Waals surface area contributed by atoms with Gasteiger partial charge in [0.15, 0.2) is 0 Å². The molecule has 0 bridgehead atoms. The third-order valence-corrected chi connectivity index (χ3v) is 2.56. The monoisotopic (exact) mass is 257 g/mol. The van der Waals surface area contributed by atoms with Crippen molar-refractivity contribution in [3.63, 3.8) is 0 Å². The molecule has 0 unspecified atom stereocenters. The van der Waals surface area contributed by atoms with Crippen molar-refractivity contribution < 1.29 is 9.53 Å². The van der Waals surface area contributed by atoms with E-state index in [0.717, 1.165) is 10.2 Å². The van der Waals surface area contributed by atoms with Gasteiger partial charge in [0.2, 0.25) is 0 Å². The highest BCUT2D eigenvalue weighted by Gasteiger charge is 2.11. The highest BCUT2D eigenvalue weighted by Crippen LogP contribution is 2.23. The minimum absolute atomic E-state index is 0.333. The largest absolute Gasteiger partial charge is 0.465 e. The van der Waals surface area contributed by atoms with Gasteiger partial charge in [-0.2, -0.15) is 0 Å². The first kappa shape index (κ1) is 11.0. The van der Waals surface area contributed by atoms with Crippen LogP contribution in [0.25, 0.3) is 0 Å². The van der Waals surface area contributed by atoms with Crippen LogP contribution in [0.15, 0.2) is 22.7 Å². The van der Waals surface area contributed by atoms with Crippen molar-refractivity contribution in [1.82, 2.24) is 0 Å².